The van der Waals surface area contributed by atoms with E-state index in [9.17, 15) is 24.3 Å². The van der Waals surface area contributed by atoms with Crippen LogP contribution in [0.15, 0.2) is 60.7 Å². The molecule has 2 aromatic rings. The number of unbranched alkanes of at least 4 members (excludes halogenated alkanes) is 2. The molecule has 2 rings (SSSR count). The van der Waals surface area contributed by atoms with Gasteiger partial charge in [0.05, 0.1) is 0 Å². The van der Waals surface area contributed by atoms with E-state index >= 15 is 0 Å². The Morgan fingerprint density at radius 2 is 1.26 bits per heavy atom. The number of amides is 3. The van der Waals surface area contributed by atoms with Crippen LogP contribution >= 0.6 is 0 Å². The van der Waals surface area contributed by atoms with Gasteiger partial charge in [-0.05, 0) is 56.2 Å². The van der Waals surface area contributed by atoms with Gasteiger partial charge in [-0.25, -0.2) is 14.4 Å². The van der Waals surface area contributed by atoms with Crippen LogP contribution in [0.3, 0.4) is 0 Å². The van der Waals surface area contributed by atoms with Gasteiger partial charge in [0.15, 0.2) is 0 Å². The van der Waals surface area contributed by atoms with Gasteiger partial charge in [0.25, 0.3) is 0 Å². The lowest BCUT2D eigenvalue weighted by atomic mass is 10.1. The lowest BCUT2D eigenvalue weighted by Gasteiger charge is -2.21. The second kappa shape index (κ2) is 18.2. The number of aliphatic carboxylic acids is 1. The Morgan fingerprint density at radius 3 is 1.82 bits per heavy atom. The molecule has 2 aromatic carbocycles. The zero-order chi connectivity index (χ0) is 28.3. The zero-order valence-electron chi connectivity index (χ0n) is 22.0. The van der Waals surface area contributed by atoms with E-state index in [2.05, 4.69) is 16.0 Å². The van der Waals surface area contributed by atoms with Crippen LogP contribution in [0.4, 0.5) is 9.59 Å². The van der Waals surface area contributed by atoms with E-state index in [0.717, 1.165) is 11.1 Å². The van der Waals surface area contributed by atoms with E-state index in [0.29, 0.717) is 38.8 Å². The minimum Gasteiger partial charge on any atom is -0.480 e. The summed E-state index contributed by atoms with van der Waals surface area (Å²) < 4.78 is 10.4. The molecule has 39 heavy (non-hydrogen) atoms. The van der Waals surface area contributed by atoms with Crippen LogP contribution in [-0.2, 0) is 32.3 Å². The van der Waals surface area contributed by atoms with Gasteiger partial charge in [0.2, 0.25) is 5.91 Å². The van der Waals surface area contributed by atoms with E-state index in [1.807, 2.05) is 48.5 Å². The van der Waals surface area contributed by atoms with Gasteiger partial charge in [-0.3, -0.25) is 4.79 Å². The van der Waals surface area contributed by atoms with Crippen LogP contribution in [0.2, 0.25) is 0 Å². The molecule has 0 unspecified atom stereocenters. The summed E-state index contributed by atoms with van der Waals surface area (Å²) in [5.41, 5.74) is 7.13. The number of hydrogen-bond donors (Lipinski definition) is 5. The third kappa shape index (κ3) is 13.3. The summed E-state index contributed by atoms with van der Waals surface area (Å²) in [4.78, 5) is 48.9. The van der Waals surface area contributed by atoms with Crippen molar-refractivity contribution in [3.8, 4) is 0 Å². The molecule has 0 fully saturated rings. The van der Waals surface area contributed by atoms with Crippen LogP contribution in [0.1, 0.15) is 49.7 Å². The van der Waals surface area contributed by atoms with Gasteiger partial charge < -0.3 is 36.3 Å². The molecule has 212 valence electrons. The molecule has 0 bridgehead atoms. The number of benzene rings is 2. The predicted octanol–water partition coefficient (Wildman–Crippen LogP) is 3.08. The number of carbonyl (C=O) groups excluding carboxylic acids is 3. The first-order valence-corrected chi connectivity index (χ1v) is 13.0. The Labute approximate surface area is 228 Å². The van der Waals surface area contributed by atoms with Crippen molar-refractivity contribution < 1.29 is 33.8 Å². The molecule has 0 spiro atoms. The summed E-state index contributed by atoms with van der Waals surface area (Å²) in [7, 11) is 0. The molecule has 11 heteroatoms. The number of alkyl carbamates (subject to hydrolysis) is 2. The number of rotatable bonds is 17. The van der Waals surface area contributed by atoms with Crippen LogP contribution in [0.25, 0.3) is 0 Å². The standard InChI is InChI=1S/C28H38N4O7/c29-17-9-7-16-24(26(34)35)31-25(33)23(32-28(37)39-20-22-13-5-2-6-14-22)15-8-10-18-30-27(36)38-19-21-11-3-1-4-12-21/h1-6,11-14,23-24H,7-10,15-20,29H2,(H,30,36)(H,31,33)(H,32,37)(H,34,35)/t23-,24-/m0/s1. The van der Waals surface area contributed by atoms with Crippen molar-refractivity contribution in [1.82, 2.24) is 16.0 Å². The van der Waals surface area contributed by atoms with Gasteiger partial charge >= 0.3 is 18.2 Å². The fourth-order valence-corrected chi connectivity index (χ4v) is 3.64. The van der Waals surface area contributed by atoms with E-state index in [1.165, 1.54) is 0 Å². The van der Waals surface area contributed by atoms with Crippen LogP contribution in [-0.4, -0.2) is 54.3 Å². The fourth-order valence-electron chi connectivity index (χ4n) is 3.64. The molecule has 0 aliphatic rings. The number of ether oxygens (including phenoxy) is 2. The van der Waals surface area contributed by atoms with Crippen LogP contribution < -0.4 is 21.7 Å². The highest BCUT2D eigenvalue weighted by atomic mass is 16.6. The Morgan fingerprint density at radius 1 is 0.718 bits per heavy atom. The van der Waals surface area contributed by atoms with Gasteiger partial charge in [0.1, 0.15) is 25.3 Å². The van der Waals surface area contributed by atoms with Crippen molar-refractivity contribution in [3.63, 3.8) is 0 Å². The average Bonchev–Trinajstić information content (AvgIpc) is 2.94. The lowest BCUT2D eigenvalue weighted by Crippen LogP contribution is -2.51. The third-order valence-corrected chi connectivity index (χ3v) is 5.78. The van der Waals surface area contributed by atoms with Crippen molar-refractivity contribution in [2.45, 2.75) is 63.8 Å². The monoisotopic (exact) mass is 542 g/mol. The molecular formula is C28H38N4O7. The maximum atomic E-state index is 12.9. The molecule has 11 nitrogen and oxygen atoms in total. The van der Waals surface area contributed by atoms with Crippen molar-refractivity contribution in [2.24, 2.45) is 5.73 Å². The molecule has 0 aromatic heterocycles. The molecule has 2 atom stereocenters. The van der Waals surface area contributed by atoms with Gasteiger partial charge in [-0.1, -0.05) is 60.7 Å². The van der Waals surface area contributed by atoms with Crippen LogP contribution in [0, 0.1) is 0 Å². The largest absolute Gasteiger partial charge is 0.480 e. The fraction of sp³-hybridized carbons (Fsp3) is 0.429. The van der Waals surface area contributed by atoms with Crippen molar-refractivity contribution >= 4 is 24.1 Å². The molecular weight excluding hydrogens is 504 g/mol. The van der Waals surface area contributed by atoms with E-state index in [1.54, 1.807) is 12.1 Å². The minimum atomic E-state index is -1.16. The Bertz CT molecular complexity index is 1020. The summed E-state index contributed by atoms with van der Waals surface area (Å²) in [6.45, 7) is 0.898. The number of nitrogens with one attached hydrogen (secondary N) is 3. The van der Waals surface area contributed by atoms with Crippen molar-refractivity contribution in [1.29, 1.82) is 0 Å². The summed E-state index contributed by atoms with van der Waals surface area (Å²) in [6, 6.07) is 16.2. The quantitative estimate of drug-likeness (QED) is 0.190. The molecule has 0 heterocycles. The number of nitrogens with two attached hydrogens (primary N) is 1. The molecule has 0 aliphatic carbocycles. The summed E-state index contributed by atoms with van der Waals surface area (Å²) in [5, 5.41) is 17.2. The molecule has 0 saturated carbocycles. The maximum absolute atomic E-state index is 12.9. The van der Waals surface area contributed by atoms with Gasteiger partial charge in [0, 0.05) is 6.54 Å². The van der Waals surface area contributed by atoms with Crippen molar-refractivity contribution in [2.75, 3.05) is 13.1 Å². The highest BCUT2D eigenvalue weighted by Gasteiger charge is 2.26. The Balaban J connectivity index is 1.84. The minimum absolute atomic E-state index is 0.0207. The molecule has 0 saturated heterocycles. The first kappa shape index (κ1) is 31.1. The lowest BCUT2D eigenvalue weighted by molar-refractivity contribution is -0.142. The Hall–Kier alpha value is -4.12. The molecule has 3 amide bonds. The normalized spacial score (nSPS) is 12.0. The van der Waals surface area contributed by atoms with E-state index in [4.69, 9.17) is 15.2 Å². The van der Waals surface area contributed by atoms with Gasteiger partial charge in [-0.15, -0.1) is 0 Å². The average molecular weight is 543 g/mol. The number of carboxylic acids is 1. The van der Waals surface area contributed by atoms with Gasteiger partial charge in [-0.2, -0.15) is 0 Å². The second-order valence-corrected chi connectivity index (χ2v) is 8.93. The predicted molar refractivity (Wildman–Crippen MR) is 145 cm³/mol. The Kier molecular flexibility index (Phi) is 14.5. The number of carboxylic acid groups (broad SMARTS) is 1. The third-order valence-electron chi connectivity index (χ3n) is 5.78. The number of hydrogen-bond acceptors (Lipinski definition) is 7. The zero-order valence-corrected chi connectivity index (χ0v) is 22.0. The molecule has 6 N–H and O–H groups in total. The highest BCUT2D eigenvalue weighted by Crippen LogP contribution is 2.07. The highest BCUT2D eigenvalue weighted by molar-refractivity contribution is 5.89. The SMILES string of the molecule is NCCCC[C@H](NC(=O)[C@H](CCCCNC(=O)OCc1ccccc1)NC(=O)OCc1ccccc1)C(=O)O. The van der Waals surface area contributed by atoms with E-state index in [-0.39, 0.29) is 26.1 Å². The maximum Gasteiger partial charge on any atom is 0.408 e. The first-order valence-electron chi connectivity index (χ1n) is 13.0. The van der Waals surface area contributed by atoms with Crippen LogP contribution in [0.5, 0.6) is 0 Å². The summed E-state index contributed by atoms with van der Waals surface area (Å²) in [6.07, 6.45) is 1.21. The van der Waals surface area contributed by atoms with E-state index < -0.39 is 36.1 Å². The molecule has 0 radical (unpaired) electrons. The summed E-state index contributed by atoms with van der Waals surface area (Å²) in [5.74, 6) is -1.79. The topological polar surface area (TPSA) is 169 Å². The first-order chi connectivity index (χ1) is 18.9. The molecule has 0 aliphatic heterocycles. The second-order valence-electron chi connectivity index (χ2n) is 8.93. The number of carbonyl (C=O) groups is 4. The smallest absolute Gasteiger partial charge is 0.408 e. The van der Waals surface area contributed by atoms with Crippen molar-refractivity contribution in [3.05, 3.63) is 71.8 Å². The summed E-state index contributed by atoms with van der Waals surface area (Å²) >= 11 is 0.